The Labute approximate surface area is 258 Å². The van der Waals surface area contributed by atoms with Crippen molar-refractivity contribution in [2.24, 2.45) is 16.6 Å². The number of likely N-dealkylation sites (N-methyl/N-ethyl adjacent to an activating group) is 1. The topological polar surface area (TPSA) is 145 Å². The van der Waals surface area contributed by atoms with Gasteiger partial charge in [0.25, 0.3) is 0 Å². The highest BCUT2D eigenvalue weighted by molar-refractivity contribution is 5.83. The molecule has 9 heteroatoms. The number of aliphatic hydroxyl groups is 4. The number of phenols is 1. The maximum Gasteiger partial charge on any atom is 0.196 e. The van der Waals surface area contributed by atoms with Gasteiger partial charge in [-0.2, -0.15) is 0 Å². The molecule has 0 aliphatic carbocycles. The highest BCUT2D eigenvalue weighted by Crippen LogP contribution is 2.32. The molecular weight excluding hydrogens is 544 g/mol. The van der Waals surface area contributed by atoms with Gasteiger partial charge in [-0.15, -0.1) is 16.6 Å². The first-order valence-corrected chi connectivity index (χ1v) is 16.1. The van der Waals surface area contributed by atoms with Crippen LogP contribution in [0.3, 0.4) is 0 Å². The molecule has 0 fully saturated rings. The van der Waals surface area contributed by atoms with Crippen molar-refractivity contribution in [2.75, 3.05) is 39.4 Å². The molecule has 0 saturated carbocycles. The first-order chi connectivity index (χ1) is 20.8. The van der Waals surface area contributed by atoms with Gasteiger partial charge in [-0.25, -0.2) is 0 Å². The summed E-state index contributed by atoms with van der Waals surface area (Å²) >= 11 is 0. The second-order valence-electron chi connectivity index (χ2n) is 11.8. The summed E-state index contributed by atoms with van der Waals surface area (Å²) in [7, 11) is 0. The second kappa shape index (κ2) is 19.0. The van der Waals surface area contributed by atoms with E-state index in [-0.39, 0.29) is 36.5 Å². The maximum absolute atomic E-state index is 10.5. The molecule has 0 aromatic heterocycles. The van der Waals surface area contributed by atoms with Crippen molar-refractivity contribution in [1.29, 1.82) is 0 Å². The van der Waals surface area contributed by atoms with Gasteiger partial charge in [-0.05, 0) is 70.3 Å². The number of unbranched alkanes of at least 4 members (excludes halogenated alkanes) is 4. The lowest BCUT2D eigenvalue weighted by molar-refractivity contribution is -0.0552. The number of nitrogens with two attached hydrogens (primary N) is 1. The zero-order chi connectivity index (χ0) is 31.0. The van der Waals surface area contributed by atoms with Crippen LogP contribution in [0.4, 0.5) is 0 Å². The molecule has 0 bridgehead atoms. The molecule has 2 aliphatic heterocycles. The molecule has 0 spiro atoms. The van der Waals surface area contributed by atoms with E-state index in [9.17, 15) is 15.3 Å². The van der Waals surface area contributed by atoms with Gasteiger partial charge in [0.05, 0.1) is 18.1 Å². The van der Waals surface area contributed by atoms with Crippen molar-refractivity contribution in [2.45, 2.75) is 90.4 Å². The fraction of sp³-hybridized carbons (Fsp3) is 0.618. The molecular formula is C34H55N4O5+. The number of nitrogens with one attached hydrogen (secondary N) is 2. The Balaban J connectivity index is 1.50. The molecule has 2 aliphatic rings. The summed E-state index contributed by atoms with van der Waals surface area (Å²) in [5.41, 5.74) is 8.56. The minimum atomic E-state index is -0.373. The van der Waals surface area contributed by atoms with E-state index >= 15 is 0 Å². The number of hydrogen-bond acceptors (Lipinski definition) is 8. The molecule has 4 unspecified atom stereocenters. The Hall–Kier alpha value is -2.53. The van der Waals surface area contributed by atoms with Crippen molar-refractivity contribution in [1.82, 2.24) is 10.6 Å². The monoisotopic (exact) mass is 599 g/mol. The van der Waals surface area contributed by atoms with E-state index in [0.29, 0.717) is 18.9 Å². The highest BCUT2D eigenvalue weighted by Gasteiger charge is 2.32. The molecule has 43 heavy (non-hydrogen) atoms. The molecule has 1 aromatic rings. The van der Waals surface area contributed by atoms with Crippen LogP contribution in [0.1, 0.15) is 71.3 Å². The van der Waals surface area contributed by atoms with Crippen LogP contribution in [0.25, 0.3) is 0 Å². The molecule has 0 amide bonds. The molecule has 2 heterocycles. The van der Waals surface area contributed by atoms with Gasteiger partial charge < -0.3 is 35.8 Å². The second-order valence-corrected chi connectivity index (χ2v) is 11.8. The van der Waals surface area contributed by atoms with Crippen molar-refractivity contribution >= 4 is 6.21 Å². The Morgan fingerprint density at radius 3 is 2.70 bits per heavy atom. The SMILES string of the molecule is CCNC(COc1cc(CC[C-]2C=C(CO)C(CCCCCCCN)[OH+]2)ccc1O)C1=C[C+](C(C)CNCC(C)O)C=N1. The molecule has 4 atom stereocenters. The largest absolute Gasteiger partial charge is 0.504 e. The zero-order valence-electron chi connectivity index (χ0n) is 26.4. The third-order valence-electron chi connectivity index (χ3n) is 8.01. The van der Waals surface area contributed by atoms with Crippen LogP contribution in [0.15, 0.2) is 46.6 Å². The van der Waals surface area contributed by atoms with Crippen molar-refractivity contribution in [3.05, 3.63) is 59.2 Å². The minimum absolute atomic E-state index is 0.0491. The lowest BCUT2D eigenvalue weighted by Crippen LogP contribution is -2.35. The van der Waals surface area contributed by atoms with Gasteiger partial charge in [0.2, 0.25) is 0 Å². The lowest BCUT2D eigenvalue weighted by Gasteiger charge is -2.20. The Morgan fingerprint density at radius 2 is 1.95 bits per heavy atom. The van der Waals surface area contributed by atoms with E-state index in [1.54, 1.807) is 13.0 Å². The summed E-state index contributed by atoms with van der Waals surface area (Å²) in [6.07, 6.45) is 15.1. The standard InChI is InChI=1S/C34H54N4O5/c1-4-37-31(30-18-27(21-38-30)24(2)19-36-20-25(3)40)23-42-34-16-26(12-14-32(34)41)11-13-29-17-28(22-39)33(43-29)10-8-6-5-7-9-15-35/h12,14,16-18,21,24-25,31,33,36-37,39-40,43H,4-11,13,15,19-20,22-23,35H2,1-3H3/p+1. The van der Waals surface area contributed by atoms with Crippen molar-refractivity contribution < 1.29 is 24.8 Å². The van der Waals surface area contributed by atoms with Gasteiger partial charge in [-0.1, -0.05) is 32.3 Å². The smallest absolute Gasteiger partial charge is 0.196 e. The van der Waals surface area contributed by atoms with Crippen LogP contribution in [0.2, 0.25) is 0 Å². The number of aromatic hydroxyl groups is 1. The number of phenolic OH excluding ortho intramolecular Hbond substituents is 1. The highest BCUT2D eigenvalue weighted by atomic mass is 16.5. The zero-order valence-corrected chi connectivity index (χ0v) is 26.4. The van der Waals surface area contributed by atoms with Crippen LogP contribution in [0, 0.1) is 17.9 Å². The van der Waals surface area contributed by atoms with E-state index in [2.05, 4.69) is 34.7 Å². The number of ether oxygens (including phenoxy) is 2. The first kappa shape index (κ1) is 35.0. The quantitative estimate of drug-likeness (QED) is 0.0680. The number of nitrogens with zero attached hydrogens (tertiary/aromatic N) is 1. The normalized spacial score (nSPS) is 18.6. The number of hydrogen-bond donors (Lipinski definition) is 6. The molecule has 3 rings (SSSR count). The molecule has 9 nitrogen and oxygen atoms in total. The van der Waals surface area contributed by atoms with Crippen LogP contribution in [0.5, 0.6) is 11.5 Å². The molecule has 8 N–H and O–H groups in total. The summed E-state index contributed by atoms with van der Waals surface area (Å²) in [6, 6.07) is 5.40. The average molecular weight is 600 g/mol. The van der Waals surface area contributed by atoms with E-state index < -0.39 is 0 Å². The Morgan fingerprint density at radius 1 is 1.16 bits per heavy atom. The number of rotatable bonds is 22. The first-order valence-electron chi connectivity index (χ1n) is 16.1. The van der Waals surface area contributed by atoms with Crippen LogP contribution >= 0.6 is 0 Å². The van der Waals surface area contributed by atoms with E-state index in [1.807, 2.05) is 25.3 Å². The number of allylic oxidation sites excluding steroid dienone is 1. The van der Waals surface area contributed by atoms with E-state index in [4.69, 9.17) is 15.2 Å². The predicted octanol–water partition coefficient (Wildman–Crippen LogP) is 3.49. The predicted molar refractivity (Wildman–Crippen MR) is 174 cm³/mol. The molecule has 0 radical (unpaired) electrons. The van der Waals surface area contributed by atoms with E-state index in [0.717, 1.165) is 80.6 Å². The summed E-state index contributed by atoms with van der Waals surface area (Å²) in [4.78, 5) is 4.66. The summed E-state index contributed by atoms with van der Waals surface area (Å²) in [6.45, 7) is 9.19. The van der Waals surface area contributed by atoms with Gasteiger partial charge in [0, 0.05) is 26.1 Å². The van der Waals surface area contributed by atoms with Gasteiger partial charge in [0.1, 0.15) is 30.9 Å². The Kier molecular flexibility index (Phi) is 15.4. The maximum atomic E-state index is 10.5. The fourth-order valence-electron chi connectivity index (χ4n) is 5.43. The summed E-state index contributed by atoms with van der Waals surface area (Å²) in [5.74, 6) is 1.97. The number of benzene rings is 1. The van der Waals surface area contributed by atoms with Crippen molar-refractivity contribution in [3.8, 4) is 11.5 Å². The molecule has 1 aromatic carbocycles. The Bertz CT molecular complexity index is 1040. The van der Waals surface area contributed by atoms with Gasteiger partial charge in [-0.3, -0.25) is 5.32 Å². The number of aliphatic hydroxyl groups excluding tert-OH is 2. The average Bonchev–Trinajstić information content (AvgIpc) is 3.64. The van der Waals surface area contributed by atoms with Crippen LogP contribution in [-0.2, 0) is 6.42 Å². The van der Waals surface area contributed by atoms with Crippen LogP contribution < -0.4 is 21.1 Å². The molecule has 240 valence electrons. The van der Waals surface area contributed by atoms with Crippen molar-refractivity contribution in [3.63, 3.8) is 0 Å². The van der Waals surface area contributed by atoms with Gasteiger partial charge in [0.15, 0.2) is 23.2 Å². The minimum Gasteiger partial charge on any atom is -0.504 e. The third-order valence-corrected chi connectivity index (χ3v) is 8.01. The van der Waals surface area contributed by atoms with Gasteiger partial charge >= 0.3 is 0 Å². The number of aryl methyl sites for hydroxylation is 1. The fourth-order valence-corrected chi connectivity index (χ4v) is 5.43. The summed E-state index contributed by atoms with van der Waals surface area (Å²) in [5, 5.41) is 36.6. The summed E-state index contributed by atoms with van der Waals surface area (Å²) < 4.78 is 11.0. The lowest BCUT2D eigenvalue weighted by atomic mass is 9.95. The van der Waals surface area contributed by atoms with E-state index in [1.165, 1.54) is 19.3 Å². The number of aliphatic imine (C=N–C) groups is 1. The third kappa shape index (κ3) is 11.8. The molecule has 0 saturated heterocycles. The van der Waals surface area contributed by atoms with Crippen LogP contribution in [-0.4, -0.2) is 83.9 Å².